The molecule has 8 nitrogen and oxygen atoms in total. The summed E-state index contributed by atoms with van der Waals surface area (Å²) in [6, 6.07) is 8.86. The Morgan fingerprint density at radius 2 is 2.17 bits per heavy atom. The number of aryl methyl sites for hydroxylation is 2. The van der Waals surface area contributed by atoms with Crippen molar-refractivity contribution in [2.24, 2.45) is 0 Å². The molecule has 0 aliphatic rings. The van der Waals surface area contributed by atoms with Crippen molar-refractivity contribution in [1.82, 2.24) is 19.5 Å². The van der Waals surface area contributed by atoms with Gasteiger partial charge in [-0.15, -0.1) is 11.3 Å². The highest BCUT2D eigenvalue weighted by Gasteiger charge is 2.11. The van der Waals surface area contributed by atoms with E-state index in [2.05, 4.69) is 15.1 Å². The van der Waals surface area contributed by atoms with E-state index in [4.69, 9.17) is 9.26 Å². The molecular weight excluding hydrogens is 392 g/mol. The molecule has 0 N–H and O–H groups in total. The van der Waals surface area contributed by atoms with Crippen molar-refractivity contribution in [2.45, 2.75) is 32.8 Å². The summed E-state index contributed by atoms with van der Waals surface area (Å²) < 4.78 is 11.9. The van der Waals surface area contributed by atoms with Crippen LogP contribution in [0.25, 0.3) is 16.3 Å². The number of thiophene rings is 1. The fourth-order valence-corrected chi connectivity index (χ4v) is 3.45. The molecular formula is C20H18N4O4S. The standard InChI is InChI=1S/C20H18N4O4S/c1-13-7-8-16-21-14(10-18(25)24(16)11-13)12-27-19(26)6-2-5-17-22-20(23-28-17)15-4-3-9-29-15/h3-4,7-11H,2,5-6,12H2,1H3. The van der Waals surface area contributed by atoms with Crippen LogP contribution in [-0.4, -0.2) is 25.5 Å². The molecule has 4 rings (SSSR count). The van der Waals surface area contributed by atoms with Crippen molar-refractivity contribution >= 4 is 23.0 Å². The molecule has 148 valence electrons. The smallest absolute Gasteiger partial charge is 0.306 e. The molecule has 0 saturated heterocycles. The highest BCUT2D eigenvalue weighted by Crippen LogP contribution is 2.21. The van der Waals surface area contributed by atoms with E-state index in [0.717, 1.165) is 10.4 Å². The number of hydrogen-bond acceptors (Lipinski definition) is 8. The van der Waals surface area contributed by atoms with Crippen LogP contribution in [0.5, 0.6) is 0 Å². The molecule has 0 spiro atoms. The largest absolute Gasteiger partial charge is 0.459 e. The lowest BCUT2D eigenvalue weighted by Crippen LogP contribution is -2.16. The lowest BCUT2D eigenvalue weighted by atomic mass is 10.2. The van der Waals surface area contributed by atoms with Gasteiger partial charge < -0.3 is 9.26 Å². The Hall–Kier alpha value is -3.33. The molecule has 0 aliphatic heterocycles. The van der Waals surface area contributed by atoms with Gasteiger partial charge in [0.05, 0.1) is 10.6 Å². The van der Waals surface area contributed by atoms with E-state index in [1.807, 2.05) is 30.5 Å². The molecule has 0 bridgehead atoms. The van der Waals surface area contributed by atoms with E-state index in [-0.39, 0.29) is 24.6 Å². The number of carbonyl (C=O) groups excluding carboxylic acids is 1. The summed E-state index contributed by atoms with van der Waals surface area (Å²) in [7, 11) is 0. The first-order valence-corrected chi connectivity index (χ1v) is 9.97. The Labute approximate surface area is 169 Å². The summed E-state index contributed by atoms with van der Waals surface area (Å²) in [6.45, 7) is 1.86. The molecule has 29 heavy (non-hydrogen) atoms. The van der Waals surface area contributed by atoms with Crippen molar-refractivity contribution in [3.63, 3.8) is 0 Å². The third-order valence-electron chi connectivity index (χ3n) is 4.22. The van der Waals surface area contributed by atoms with E-state index < -0.39 is 0 Å². The van der Waals surface area contributed by atoms with Gasteiger partial charge in [-0.2, -0.15) is 4.98 Å². The molecule has 9 heteroatoms. The second-order valence-electron chi connectivity index (χ2n) is 6.52. The Bertz CT molecular complexity index is 1200. The van der Waals surface area contributed by atoms with Gasteiger partial charge in [0.15, 0.2) is 0 Å². The molecule has 0 atom stereocenters. The topological polar surface area (TPSA) is 99.6 Å². The Kier molecular flexibility index (Phi) is 5.48. The zero-order chi connectivity index (χ0) is 20.2. The van der Waals surface area contributed by atoms with Crippen molar-refractivity contribution in [3.05, 3.63) is 69.4 Å². The van der Waals surface area contributed by atoms with Gasteiger partial charge in [0.2, 0.25) is 11.7 Å². The molecule has 0 fully saturated rings. The number of carbonyl (C=O) groups is 1. The molecule has 4 aromatic rings. The van der Waals surface area contributed by atoms with Crippen LogP contribution in [0.1, 0.15) is 30.0 Å². The van der Waals surface area contributed by atoms with E-state index in [9.17, 15) is 9.59 Å². The fraction of sp³-hybridized carbons (Fsp3) is 0.250. The van der Waals surface area contributed by atoms with Crippen LogP contribution in [0.4, 0.5) is 0 Å². The zero-order valence-electron chi connectivity index (χ0n) is 15.7. The Balaban J connectivity index is 1.28. The summed E-state index contributed by atoms with van der Waals surface area (Å²) in [4.78, 5) is 33.8. The van der Waals surface area contributed by atoms with Gasteiger partial charge in [0.1, 0.15) is 12.3 Å². The number of fused-ring (bicyclic) bond motifs is 1. The van der Waals surface area contributed by atoms with Gasteiger partial charge in [-0.1, -0.05) is 17.3 Å². The second-order valence-corrected chi connectivity index (χ2v) is 7.47. The van der Waals surface area contributed by atoms with Gasteiger partial charge in [-0.05, 0) is 36.4 Å². The summed E-state index contributed by atoms with van der Waals surface area (Å²) >= 11 is 1.54. The van der Waals surface area contributed by atoms with Crippen molar-refractivity contribution in [2.75, 3.05) is 0 Å². The van der Waals surface area contributed by atoms with Crippen molar-refractivity contribution in [1.29, 1.82) is 0 Å². The summed E-state index contributed by atoms with van der Waals surface area (Å²) in [5.74, 6) is 0.677. The van der Waals surface area contributed by atoms with Gasteiger partial charge in [0.25, 0.3) is 5.56 Å². The van der Waals surface area contributed by atoms with Crippen LogP contribution in [0.2, 0.25) is 0 Å². The minimum absolute atomic E-state index is 0.0401. The molecule has 0 aliphatic carbocycles. The predicted molar refractivity (Wildman–Crippen MR) is 107 cm³/mol. The number of ether oxygens (including phenoxy) is 1. The number of aromatic nitrogens is 4. The number of nitrogens with zero attached hydrogens (tertiary/aromatic N) is 4. The maximum atomic E-state index is 12.2. The number of rotatable bonds is 7. The average Bonchev–Trinajstić information content (AvgIpc) is 3.39. The maximum Gasteiger partial charge on any atom is 0.306 e. The molecule has 4 aromatic heterocycles. The fourth-order valence-electron chi connectivity index (χ4n) is 2.81. The normalized spacial score (nSPS) is 11.1. The van der Waals surface area contributed by atoms with Crippen LogP contribution >= 0.6 is 11.3 Å². The number of esters is 1. The van der Waals surface area contributed by atoms with E-state index in [1.54, 1.807) is 12.3 Å². The van der Waals surface area contributed by atoms with Crippen LogP contribution in [0.3, 0.4) is 0 Å². The summed E-state index contributed by atoms with van der Waals surface area (Å²) in [5, 5.41) is 5.88. The zero-order valence-corrected chi connectivity index (χ0v) is 16.5. The Morgan fingerprint density at radius 1 is 1.28 bits per heavy atom. The highest BCUT2D eigenvalue weighted by atomic mass is 32.1. The monoisotopic (exact) mass is 410 g/mol. The van der Waals surface area contributed by atoms with E-state index >= 15 is 0 Å². The third kappa shape index (κ3) is 4.57. The minimum Gasteiger partial charge on any atom is -0.459 e. The molecule has 0 radical (unpaired) electrons. The molecule has 0 saturated carbocycles. The number of pyridine rings is 1. The van der Waals surface area contributed by atoms with Crippen LogP contribution in [-0.2, 0) is 22.6 Å². The van der Waals surface area contributed by atoms with Gasteiger partial charge >= 0.3 is 5.97 Å². The van der Waals surface area contributed by atoms with Crippen LogP contribution in [0, 0.1) is 6.92 Å². The summed E-state index contributed by atoms with van der Waals surface area (Å²) in [5.41, 5.74) is 1.70. The van der Waals surface area contributed by atoms with Gasteiger partial charge in [0, 0.05) is 25.1 Å². The number of hydrogen-bond donors (Lipinski definition) is 0. The van der Waals surface area contributed by atoms with Crippen LogP contribution < -0.4 is 5.56 Å². The lowest BCUT2D eigenvalue weighted by molar-refractivity contribution is -0.145. The van der Waals surface area contributed by atoms with E-state index in [0.29, 0.717) is 35.9 Å². The minimum atomic E-state index is -0.367. The maximum absolute atomic E-state index is 12.2. The molecule has 4 heterocycles. The third-order valence-corrected chi connectivity index (χ3v) is 5.09. The average molecular weight is 410 g/mol. The van der Waals surface area contributed by atoms with Crippen LogP contribution in [0.15, 0.2) is 51.2 Å². The van der Waals surface area contributed by atoms with Gasteiger partial charge in [-0.3, -0.25) is 14.0 Å². The molecule has 0 amide bonds. The first kappa shape index (κ1) is 19.0. The first-order chi connectivity index (χ1) is 14.1. The summed E-state index contributed by atoms with van der Waals surface area (Å²) in [6.07, 6.45) is 2.95. The SMILES string of the molecule is Cc1ccc2nc(COC(=O)CCCc3nc(-c4cccs4)no3)cc(=O)n2c1. The van der Waals surface area contributed by atoms with E-state index in [1.165, 1.54) is 21.8 Å². The molecule has 0 unspecified atom stereocenters. The molecule has 0 aromatic carbocycles. The van der Waals surface area contributed by atoms with Crippen molar-refractivity contribution in [3.8, 4) is 10.7 Å². The second kappa shape index (κ2) is 8.36. The lowest BCUT2D eigenvalue weighted by Gasteiger charge is -2.06. The predicted octanol–water partition coefficient (Wildman–Crippen LogP) is 3.18. The first-order valence-electron chi connectivity index (χ1n) is 9.09. The Morgan fingerprint density at radius 3 is 3.00 bits per heavy atom. The van der Waals surface area contributed by atoms with Crippen molar-refractivity contribution < 1.29 is 14.1 Å². The van der Waals surface area contributed by atoms with Gasteiger partial charge in [-0.25, -0.2) is 4.98 Å². The highest BCUT2D eigenvalue weighted by molar-refractivity contribution is 7.13. The quantitative estimate of drug-likeness (QED) is 0.431.